The predicted octanol–water partition coefficient (Wildman–Crippen LogP) is 3.68. The number of benzene rings is 3. The second kappa shape index (κ2) is 10.1. The Hall–Kier alpha value is -4.33. The van der Waals surface area contributed by atoms with E-state index in [1.165, 1.54) is 14.2 Å². The Balaban J connectivity index is 1.60. The van der Waals surface area contributed by atoms with E-state index in [0.717, 1.165) is 16.0 Å². The van der Waals surface area contributed by atoms with Gasteiger partial charge in [0.2, 0.25) is 11.8 Å². The number of nitrogen functional groups attached to an aromatic ring is 1. The Morgan fingerprint density at radius 1 is 1.03 bits per heavy atom. The van der Waals surface area contributed by atoms with Crippen LogP contribution < -0.4 is 25.4 Å². The summed E-state index contributed by atoms with van der Waals surface area (Å²) < 4.78 is 10.5. The molecule has 4 rings (SSSR count). The monoisotopic (exact) mass is 487 g/mol. The van der Waals surface area contributed by atoms with Gasteiger partial charge >= 0.3 is 0 Å². The molecule has 3 aromatic carbocycles. The van der Waals surface area contributed by atoms with Crippen LogP contribution >= 0.6 is 0 Å². The van der Waals surface area contributed by atoms with E-state index in [4.69, 9.17) is 15.2 Å². The summed E-state index contributed by atoms with van der Waals surface area (Å²) in [5.74, 6) is -0.797. The Kier molecular flexibility index (Phi) is 6.96. The van der Waals surface area contributed by atoms with Crippen LogP contribution in [0.2, 0.25) is 0 Å². The normalized spacial score (nSPS) is 15.3. The van der Waals surface area contributed by atoms with Gasteiger partial charge < -0.3 is 20.5 Å². The Morgan fingerprint density at radius 3 is 2.47 bits per heavy atom. The highest BCUT2D eigenvalue weighted by Crippen LogP contribution is 2.44. The summed E-state index contributed by atoms with van der Waals surface area (Å²) in [6.07, 6.45) is 0.0251. The largest absolute Gasteiger partial charge is 0.493 e. The molecule has 0 spiro atoms. The number of carbonyl (C=O) groups is 3. The first kappa shape index (κ1) is 24.8. The molecule has 2 atom stereocenters. The lowest BCUT2D eigenvalue weighted by Gasteiger charge is -2.26. The average Bonchev–Trinajstić information content (AvgIpc) is 2.97. The van der Waals surface area contributed by atoms with Gasteiger partial charge in [-0.3, -0.25) is 14.4 Å². The lowest BCUT2D eigenvalue weighted by Crippen LogP contribution is -2.50. The van der Waals surface area contributed by atoms with E-state index in [0.29, 0.717) is 34.0 Å². The third-order valence-corrected chi connectivity index (χ3v) is 6.38. The standard InChI is InChI=1S/C28H29N3O5/c1-16-19-8-5-6-9-20(19)26-21(29)10-7-11-22(26)31(27(16)33)28(34)17(2)30-25(32)15-18-12-13-23(35-3)24(14-18)36-4/h5-14,16-17H,15,29H2,1-4H3,(H,30,32)/t16?,17-/m0/s1. The molecular formula is C28H29N3O5. The molecular weight excluding hydrogens is 458 g/mol. The summed E-state index contributed by atoms with van der Waals surface area (Å²) in [7, 11) is 3.05. The number of fused-ring (bicyclic) bond motifs is 3. The van der Waals surface area contributed by atoms with Gasteiger partial charge in [-0.25, -0.2) is 4.90 Å². The number of anilines is 2. The summed E-state index contributed by atoms with van der Waals surface area (Å²) in [4.78, 5) is 41.1. The van der Waals surface area contributed by atoms with Crippen LogP contribution in [0.25, 0.3) is 11.1 Å². The van der Waals surface area contributed by atoms with Gasteiger partial charge in [-0.05, 0) is 54.8 Å². The minimum Gasteiger partial charge on any atom is -0.493 e. The van der Waals surface area contributed by atoms with E-state index in [-0.39, 0.29) is 18.2 Å². The van der Waals surface area contributed by atoms with Crippen molar-refractivity contribution in [3.63, 3.8) is 0 Å². The number of hydrogen-bond acceptors (Lipinski definition) is 6. The van der Waals surface area contributed by atoms with Crippen LogP contribution in [0, 0.1) is 0 Å². The Morgan fingerprint density at radius 2 is 1.75 bits per heavy atom. The van der Waals surface area contributed by atoms with Crippen molar-refractivity contribution in [1.29, 1.82) is 0 Å². The van der Waals surface area contributed by atoms with E-state index < -0.39 is 17.9 Å². The fourth-order valence-electron chi connectivity index (χ4n) is 4.54. The molecule has 3 N–H and O–H groups in total. The quantitative estimate of drug-likeness (QED) is 0.513. The first-order valence-electron chi connectivity index (χ1n) is 11.6. The van der Waals surface area contributed by atoms with Crippen LogP contribution in [0.3, 0.4) is 0 Å². The lowest BCUT2D eigenvalue weighted by molar-refractivity contribution is -0.131. The van der Waals surface area contributed by atoms with Gasteiger partial charge in [0.1, 0.15) is 6.04 Å². The van der Waals surface area contributed by atoms with E-state index >= 15 is 0 Å². The number of nitrogens with one attached hydrogen (secondary N) is 1. The number of rotatable bonds is 6. The van der Waals surface area contributed by atoms with Gasteiger partial charge in [0.25, 0.3) is 5.91 Å². The Labute approximate surface area is 210 Å². The number of methoxy groups -OCH3 is 2. The molecule has 1 heterocycles. The first-order valence-corrected chi connectivity index (χ1v) is 11.6. The van der Waals surface area contributed by atoms with Crippen molar-refractivity contribution in [2.75, 3.05) is 24.9 Å². The van der Waals surface area contributed by atoms with Crippen molar-refractivity contribution in [1.82, 2.24) is 5.32 Å². The Bertz CT molecular complexity index is 1340. The van der Waals surface area contributed by atoms with Crippen LogP contribution in [0.5, 0.6) is 11.5 Å². The van der Waals surface area contributed by atoms with Gasteiger partial charge in [0.05, 0.1) is 32.2 Å². The number of nitrogens with two attached hydrogens (primary N) is 1. The van der Waals surface area contributed by atoms with E-state index in [1.807, 2.05) is 24.3 Å². The molecule has 0 saturated heterocycles. The number of nitrogens with zero attached hydrogens (tertiary/aromatic N) is 1. The van der Waals surface area contributed by atoms with E-state index in [9.17, 15) is 14.4 Å². The average molecular weight is 488 g/mol. The number of hydrogen-bond donors (Lipinski definition) is 2. The SMILES string of the molecule is COc1ccc(CC(=O)N[C@@H](C)C(=O)N2C(=O)C(C)c3ccccc3-c3c(N)cccc32)cc1OC. The second-order valence-electron chi connectivity index (χ2n) is 8.72. The minimum absolute atomic E-state index is 0.0251. The fourth-order valence-corrected chi connectivity index (χ4v) is 4.54. The highest BCUT2D eigenvalue weighted by atomic mass is 16.5. The molecule has 0 aliphatic carbocycles. The highest BCUT2D eigenvalue weighted by molar-refractivity contribution is 6.22. The summed E-state index contributed by atoms with van der Waals surface area (Å²) in [6, 6.07) is 16.9. The van der Waals surface area contributed by atoms with Crippen molar-refractivity contribution in [2.24, 2.45) is 0 Å². The molecule has 8 nitrogen and oxygen atoms in total. The van der Waals surface area contributed by atoms with Gasteiger partial charge in [-0.15, -0.1) is 0 Å². The smallest absolute Gasteiger partial charge is 0.256 e. The van der Waals surface area contributed by atoms with Crippen molar-refractivity contribution < 1.29 is 23.9 Å². The minimum atomic E-state index is -0.954. The lowest BCUT2D eigenvalue weighted by atomic mass is 9.92. The van der Waals surface area contributed by atoms with Gasteiger partial charge in [0, 0.05) is 11.3 Å². The zero-order chi connectivity index (χ0) is 26.0. The molecule has 0 bridgehead atoms. The molecule has 8 heteroatoms. The molecule has 3 aromatic rings. The molecule has 0 radical (unpaired) electrons. The summed E-state index contributed by atoms with van der Waals surface area (Å²) in [6.45, 7) is 3.33. The molecule has 0 fully saturated rings. The highest BCUT2D eigenvalue weighted by Gasteiger charge is 2.37. The van der Waals surface area contributed by atoms with Gasteiger partial charge in [-0.1, -0.05) is 36.4 Å². The molecule has 1 unspecified atom stereocenters. The van der Waals surface area contributed by atoms with E-state index in [1.54, 1.807) is 50.2 Å². The number of amides is 3. The first-order chi connectivity index (χ1) is 17.3. The van der Waals surface area contributed by atoms with E-state index in [2.05, 4.69) is 5.32 Å². The third-order valence-electron chi connectivity index (χ3n) is 6.38. The summed E-state index contributed by atoms with van der Waals surface area (Å²) in [5.41, 5.74) is 10.1. The van der Waals surface area contributed by atoms with Crippen LogP contribution in [0.15, 0.2) is 60.7 Å². The molecule has 186 valence electrons. The summed E-state index contributed by atoms with van der Waals surface area (Å²) in [5, 5.41) is 2.73. The predicted molar refractivity (Wildman–Crippen MR) is 138 cm³/mol. The maximum atomic E-state index is 13.6. The molecule has 1 aliphatic heterocycles. The number of ether oxygens (including phenoxy) is 2. The topological polar surface area (TPSA) is 111 Å². The van der Waals surface area contributed by atoms with Crippen LogP contribution in [0.4, 0.5) is 11.4 Å². The van der Waals surface area contributed by atoms with Crippen molar-refractivity contribution in [3.05, 3.63) is 71.8 Å². The zero-order valence-corrected chi connectivity index (χ0v) is 20.7. The van der Waals surface area contributed by atoms with Crippen molar-refractivity contribution in [2.45, 2.75) is 32.2 Å². The molecule has 3 amide bonds. The fraction of sp³-hybridized carbons (Fsp3) is 0.250. The summed E-state index contributed by atoms with van der Waals surface area (Å²) >= 11 is 0. The maximum absolute atomic E-state index is 13.6. The molecule has 1 aliphatic rings. The molecule has 36 heavy (non-hydrogen) atoms. The second-order valence-corrected chi connectivity index (χ2v) is 8.72. The van der Waals surface area contributed by atoms with Gasteiger partial charge in [-0.2, -0.15) is 0 Å². The van der Waals surface area contributed by atoms with Crippen molar-refractivity contribution >= 4 is 29.1 Å². The zero-order valence-electron chi connectivity index (χ0n) is 20.7. The number of carbonyl (C=O) groups excluding carboxylic acids is 3. The van der Waals surface area contributed by atoms with Crippen LogP contribution in [0.1, 0.15) is 30.9 Å². The van der Waals surface area contributed by atoms with Crippen LogP contribution in [-0.4, -0.2) is 38.0 Å². The van der Waals surface area contributed by atoms with Crippen LogP contribution in [-0.2, 0) is 20.8 Å². The van der Waals surface area contributed by atoms with Gasteiger partial charge in [0.15, 0.2) is 11.5 Å². The maximum Gasteiger partial charge on any atom is 0.256 e. The molecule has 0 aromatic heterocycles. The third kappa shape index (κ3) is 4.49. The van der Waals surface area contributed by atoms with Crippen molar-refractivity contribution in [3.8, 4) is 22.6 Å². The molecule has 0 saturated carbocycles. The number of imide groups is 1.